The van der Waals surface area contributed by atoms with Crippen molar-refractivity contribution in [1.82, 2.24) is 10.3 Å². The molecule has 1 aromatic carbocycles. The van der Waals surface area contributed by atoms with Gasteiger partial charge in [0.25, 0.3) is 5.91 Å². The number of hydrogen-bond acceptors (Lipinski definition) is 4. The van der Waals surface area contributed by atoms with E-state index in [-0.39, 0.29) is 5.91 Å². The number of nitrogens with one attached hydrogen (secondary N) is 1. The highest BCUT2D eigenvalue weighted by Crippen LogP contribution is 2.24. The molecule has 2 aromatic heterocycles. The second-order valence-corrected chi connectivity index (χ2v) is 5.69. The van der Waals surface area contributed by atoms with Gasteiger partial charge in [-0.25, -0.2) is 0 Å². The molecule has 1 amide bonds. The number of aromatic nitrogens is 1. The first-order chi connectivity index (χ1) is 11.3. The van der Waals surface area contributed by atoms with Gasteiger partial charge in [0.05, 0.1) is 18.4 Å². The topological polar surface area (TPSA) is 51.2 Å². The lowest BCUT2D eigenvalue weighted by Crippen LogP contribution is -2.23. The lowest BCUT2D eigenvalue weighted by Gasteiger charge is -2.11. The van der Waals surface area contributed by atoms with Crippen molar-refractivity contribution < 1.29 is 9.53 Å². The van der Waals surface area contributed by atoms with Crippen LogP contribution >= 0.6 is 11.3 Å². The number of nitrogens with zero attached hydrogens (tertiary/aromatic N) is 1. The summed E-state index contributed by atoms with van der Waals surface area (Å²) >= 11 is 1.63. The van der Waals surface area contributed by atoms with Crippen molar-refractivity contribution >= 4 is 17.2 Å². The summed E-state index contributed by atoms with van der Waals surface area (Å²) in [4.78, 5) is 16.8. The zero-order valence-electron chi connectivity index (χ0n) is 12.7. The predicted molar refractivity (Wildman–Crippen MR) is 91.7 cm³/mol. The number of rotatable bonds is 5. The van der Waals surface area contributed by atoms with Crippen molar-refractivity contribution in [2.75, 3.05) is 7.11 Å². The lowest BCUT2D eigenvalue weighted by molar-refractivity contribution is 0.0948. The van der Waals surface area contributed by atoms with E-state index in [0.717, 1.165) is 16.8 Å². The van der Waals surface area contributed by atoms with Crippen LogP contribution in [0.5, 0.6) is 5.75 Å². The molecule has 0 fully saturated rings. The van der Waals surface area contributed by atoms with Crippen molar-refractivity contribution in [2.45, 2.75) is 6.54 Å². The minimum Gasteiger partial charge on any atom is -0.496 e. The zero-order chi connectivity index (χ0) is 16.1. The third kappa shape index (κ3) is 3.40. The van der Waals surface area contributed by atoms with Gasteiger partial charge >= 0.3 is 0 Å². The molecule has 0 aliphatic heterocycles. The van der Waals surface area contributed by atoms with Crippen LogP contribution < -0.4 is 10.1 Å². The van der Waals surface area contributed by atoms with Crippen LogP contribution in [-0.2, 0) is 6.54 Å². The third-order valence-electron chi connectivity index (χ3n) is 3.48. The molecule has 4 nitrogen and oxygen atoms in total. The van der Waals surface area contributed by atoms with Crippen LogP contribution in [0.1, 0.15) is 15.9 Å². The number of para-hydroxylation sites is 1. The van der Waals surface area contributed by atoms with E-state index in [9.17, 15) is 4.79 Å². The highest BCUT2D eigenvalue weighted by molar-refractivity contribution is 7.08. The van der Waals surface area contributed by atoms with Crippen molar-refractivity contribution in [3.05, 3.63) is 70.5 Å². The molecule has 0 aliphatic carbocycles. The second-order valence-electron chi connectivity index (χ2n) is 4.91. The van der Waals surface area contributed by atoms with E-state index in [1.54, 1.807) is 36.8 Å². The fraction of sp³-hybridized carbons (Fsp3) is 0.111. The van der Waals surface area contributed by atoms with Gasteiger partial charge in [-0.15, -0.1) is 0 Å². The number of benzene rings is 1. The Balaban J connectivity index is 1.78. The van der Waals surface area contributed by atoms with Gasteiger partial charge in [0.15, 0.2) is 0 Å². The van der Waals surface area contributed by atoms with Gasteiger partial charge in [-0.3, -0.25) is 9.78 Å². The smallest absolute Gasteiger partial charge is 0.255 e. The Labute approximate surface area is 138 Å². The van der Waals surface area contributed by atoms with Gasteiger partial charge in [0.1, 0.15) is 5.75 Å². The number of hydrogen-bond donors (Lipinski definition) is 1. The van der Waals surface area contributed by atoms with Crippen LogP contribution in [0.4, 0.5) is 0 Å². The normalized spacial score (nSPS) is 10.3. The van der Waals surface area contributed by atoms with Gasteiger partial charge < -0.3 is 10.1 Å². The third-order valence-corrected chi connectivity index (χ3v) is 4.16. The Morgan fingerprint density at radius 1 is 1.22 bits per heavy atom. The van der Waals surface area contributed by atoms with Crippen LogP contribution in [0.2, 0.25) is 0 Å². The van der Waals surface area contributed by atoms with Crippen LogP contribution in [0, 0.1) is 0 Å². The van der Waals surface area contributed by atoms with E-state index in [1.807, 2.05) is 41.1 Å². The molecule has 1 N–H and O–H groups in total. The molecule has 0 radical (unpaired) electrons. The summed E-state index contributed by atoms with van der Waals surface area (Å²) in [7, 11) is 1.56. The largest absolute Gasteiger partial charge is 0.496 e. The molecule has 116 valence electrons. The van der Waals surface area contributed by atoms with Gasteiger partial charge in [0, 0.05) is 23.7 Å². The van der Waals surface area contributed by atoms with E-state index >= 15 is 0 Å². The standard InChI is InChI=1S/C18H16N2O2S/c1-22-16-7-3-2-6-15(16)18(21)20-11-13-5-4-9-19-17(13)14-8-10-23-12-14/h2-10,12H,11H2,1H3,(H,20,21). The summed E-state index contributed by atoms with van der Waals surface area (Å²) < 4.78 is 5.23. The van der Waals surface area contributed by atoms with Crippen molar-refractivity contribution in [1.29, 1.82) is 0 Å². The molecule has 0 aliphatic rings. The number of thiophene rings is 1. The minimum absolute atomic E-state index is 0.164. The maximum atomic E-state index is 12.4. The Morgan fingerprint density at radius 3 is 2.87 bits per heavy atom. The van der Waals surface area contributed by atoms with Crippen LogP contribution in [-0.4, -0.2) is 18.0 Å². The molecule has 2 heterocycles. The number of methoxy groups -OCH3 is 1. The first-order valence-electron chi connectivity index (χ1n) is 7.17. The van der Waals surface area contributed by atoms with E-state index in [4.69, 9.17) is 4.74 Å². The van der Waals surface area contributed by atoms with Crippen LogP contribution in [0.15, 0.2) is 59.4 Å². The average Bonchev–Trinajstić information content (AvgIpc) is 3.14. The molecular weight excluding hydrogens is 308 g/mol. The van der Waals surface area contributed by atoms with E-state index in [1.165, 1.54) is 0 Å². The van der Waals surface area contributed by atoms with E-state index < -0.39 is 0 Å². The van der Waals surface area contributed by atoms with Gasteiger partial charge in [0.2, 0.25) is 0 Å². The molecule has 5 heteroatoms. The monoisotopic (exact) mass is 324 g/mol. The van der Waals surface area contributed by atoms with Crippen molar-refractivity contribution in [3.63, 3.8) is 0 Å². The number of carbonyl (C=O) groups is 1. The summed E-state index contributed by atoms with van der Waals surface area (Å²) in [6.07, 6.45) is 1.76. The molecular formula is C18H16N2O2S. The van der Waals surface area contributed by atoms with Crippen molar-refractivity contribution in [3.8, 4) is 17.0 Å². The molecule has 3 rings (SSSR count). The number of amides is 1. The van der Waals surface area contributed by atoms with Crippen molar-refractivity contribution in [2.24, 2.45) is 0 Å². The first-order valence-corrected chi connectivity index (χ1v) is 8.11. The molecule has 3 aromatic rings. The molecule has 0 bridgehead atoms. The van der Waals surface area contributed by atoms with E-state index in [0.29, 0.717) is 17.9 Å². The SMILES string of the molecule is COc1ccccc1C(=O)NCc1cccnc1-c1ccsc1. The second kappa shape index (κ2) is 7.07. The summed E-state index contributed by atoms with van der Waals surface area (Å²) in [5.74, 6) is 0.400. The summed E-state index contributed by atoms with van der Waals surface area (Å²) in [6, 6.07) is 13.1. The first kappa shape index (κ1) is 15.2. The molecule has 23 heavy (non-hydrogen) atoms. The highest BCUT2D eigenvalue weighted by atomic mass is 32.1. The predicted octanol–water partition coefficient (Wildman–Crippen LogP) is 3.75. The van der Waals surface area contributed by atoms with Crippen LogP contribution in [0.3, 0.4) is 0 Å². The Kier molecular flexibility index (Phi) is 4.68. The lowest BCUT2D eigenvalue weighted by atomic mass is 10.1. The van der Waals surface area contributed by atoms with Gasteiger partial charge in [-0.05, 0) is 35.2 Å². The summed E-state index contributed by atoms with van der Waals surface area (Å²) in [5, 5.41) is 7.00. The minimum atomic E-state index is -0.164. The highest BCUT2D eigenvalue weighted by Gasteiger charge is 2.12. The quantitative estimate of drug-likeness (QED) is 0.777. The Morgan fingerprint density at radius 2 is 2.09 bits per heavy atom. The number of carbonyl (C=O) groups excluding carboxylic acids is 1. The van der Waals surface area contributed by atoms with Gasteiger partial charge in [-0.2, -0.15) is 11.3 Å². The van der Waals surface area contributed by atoms with Gasteiger partial charge in [-0.1, -0.05) is 18.2 Å². The number of ether oxygens (including phenoxy) is 1. The molecule has 0 atom stereocenters. The fourth-order valence-electron chi connectivity index (χ4n) is 2.34. The maximum Gasteiger partial charge on any atom is 0.255 e. The van der Waals surface area contributed by atoms with E-state index in [2.05, 4.69) is 10.3 Å². The maximum absolute atomic E-state index is 12.4. The molecule has 0 spiro atoms. The Hall–Kier alpha value is -2.66. The molecule has 0 saturated carbocycles. The molecule has 0 saturated heterocycles. The Bertz CT molecular complexity index is 800. The van der Waals surface area contributed by atoms with Crippen LogP contribution in [0.25, 0.3) is 11.3 Å². The number of pyridine rings is 1. The summed E-state index contributed by atoms with van der Waals surface area (Å²) in [5.41, 5.74) is 3.47. The average molecular weight is 324 g/mol. The molecule has 0 unspecified atom stereocenters. The summed E-state index contributed by atoms with van der Waals surface area (Å²) in [6.45, 7) is 0.413. The zero-order valence-corrected chi connectivity index (χ0v) is 13.5. The fourth-order valence-corrected chi connectivity index (χ4v) is 2.98.